The smallest absolute Gasteiger partial charge is 0.192 e. The molecule has 1 unspecified atom stereocenters. The summed E-state index contributed by atoms with van der Waals surface area (Å²) in [7, 11) is -1.75. The molecule has 0 aromatic rings. The highest BCUT2D eigenvalue weighted by atomic mass is 28.4. The lowest BCUT2D eigenvalue weighted by atomic mass is 9.63. The van der Waals surface area contributed by atoms with Crippen molar-refractivity contribution in [1.82, 2.24) is 0 Å². The van der Waals surface area contributed by atoms with E-state index in [-0.39, 0.29) is 10.5 Å². The first-order chi connectivity index (χ1) is 14.4. The first kappa shape index (κ1) is 27.4. The van der Waals surface area contributed by atoms with E-state index in [0.717, 1.165) is 13.0 Å². The van der Waals surface area contributed by atoms with Crippen LogP contribution < -0.4 is 0 Å². The lowest BCUT2D eigenvalue weighted by Crippen LogP contribution is -2.43. The summed E-state index contributed by atoms with van der Waals surface area (Å²) in [6, 6.07) is 0. The van der Waals surface area contributed by atoms with Crippen molar-refractivity contribution in [3.05, 3.63) is 45.6 Å². The average Bonchev–Trinajstić information content (AvgIpc) is 2.58. The zero-order valence-corrected chi connectivity index (χ0v) is 24.7. The molecule has 0 saturated carbocycles. The van der Waals surface area contributed by atoms with Gasteiger partial charge in [-0.3, -0.25) is 0 Å². The van der Waals surface area contributed by atoms with Crippen LogP contribution >= 0.6 is 0 Å². The molecule has 0 aromatic carbocycles. The summed E-state index contributed by atoms with van der Waals surface area (Å²) in [5.41, 5.74) is 9.78. The third kappa shape index (κ3) is 5.97. The van der Waals surface area contributed by atoms with Crippen molar-refractivity contribution < 1.29 is 4.43 Å². The lowest BCUT2D eigenvalue weighted by molar-refractivity contribution is 0.247. The molecular weight excluding hydrogens is 404 g/mol. The molecule has 0 aromatic heterocycles. The first-order valence-electron chi connectivity index (χ1n) is 12.8. The monoisotopic (exact) mass is 456 g/mol. The summed E-state index contributed by atoms with van der Waals surface area (Å²) in [6.07, 6.45) is 9.96. The molecule has 0 radical (unpaired) electrons. The Morgan fingerprint density at radius 3 is 2.19 bits per heavy atom. The molecule has 0 saturated heterocycles. The second-order valence-corrected chi connectivity index (χ2v) is 18.5. The van der Waals surface area contributed by atoms with Crippen LogP contribution in [0, 0.1) is 16.7 Å². The van der Waals surface area contributed by atoms with Gasteiger partial charge in [0.15, 0.2) is 8.32 Å². The highest BCUT2D eigenvalue weighted by Gasteiger charge is 2.42. The normalized spacial score (nSPS) is 24.3. The molecule has 2 rings (SSSR count). The van der Waals surface area contributed by atoms with Crippen LogP contribution in [0.2, 0.25) is 18.1 Å². The van der Waals surface area contributed by atoms with Gasteiger partial charge in [-0.25, -0.2) is 0 Å². The average molecular weight is 457 g/mol. The molecule has 182 valence electrons. The summed E-state index contributed by atoms with van der Waals surface area (Å²) in [5, 5.41) is 0.249. The Morgan fingerprint density at radius 2 is 1.69 bits per heavy atom. The molecule has 0 bridgehead atoms. The molecule has 0 fully saturated rings. The summed E-state index contributed by atoms with van der Waals surface area (Å²) in [5.74, 6) is 0.439. The largest absolute Gasteiger partial charge is 0.416 e. The maximum absolute atomic E-state index is 6.67. The van der Waals surface area contributed by atoms with Crippen LogP contribution in [0.4, 0.5) is 0 Å². The van der Waals surface area contributed by atoms with E-state index >= 15 is 0 Å². The van der Waals surface area contributed by atoms with Crippen LogP contribution in [-0.2, 0) is 4.43 Å². The molecule has 0 N–H and O–H groups in total. The van der Waals surface area contributed by atoms with Gasteiger partial charge in [0.2, 0.25) is 0 Å². The summed E-state index contributed by atoms with van der Waals surface area (Å²) < 4.78 is 6.67. The maximum atomic E-state index is 6.67. The van der Waals surface area contributed by atoms with Crippen molar-refractivity contribution in [2.45, 2.75) is 120 Å². The molecule has 2 aliphatic carbocycles. The van der Waals surface area contributed by atoms with Gasteiger partial charge in [0.25, 0.3) is 0 Å². The number of rotatable bonds is 6. The molecule has 0 heterocycles. The van der Waals surface area contributed by atoms with Gasteiger partial charge in [-0.05, 0) is 86.6 Å². The fourth-order valence-electron chi connectivity index (χ4n) is 5.34. The van der Waals surface area contributed by atoms with E-state index in [1.165, 1.54) is 36.0 Å². The van der Waals surface area contributed by atoms with Crippen molar-refractivity contribution in [3.8, 4) is 0 Å². The van der Waals surface area contributed by atoms with Gasteiger partial charge in [0.05, 0.1) is 0 Å². The number of hydrogen-bond acceptors (Lipinski definition) is 1. The van der Waals surface area contributed by atoms with Gasteiger partial charge >= 0.3 is 0 Å². The Morgan fingerprint density at radius 1 is 1.09 bits per heavy atom. The fourth-order valence-corrected chi connectivity index (χ4v) is 6.36. The van der Waals surface area contributed by atoms with Crippen molar-refractivity contribution in [3.63, 3.8) is 0 Å². The van der Waals surface area contributed by atoms with E-state index < -0.39 is 8.32 Å². The van der Waals surface area contributed by atoms with E-state index in [9.17, 15) is 0 Å². The maximum Gasteiger partial charge on any atom is 0.192 e. The second-order valence-electron chi connectivity index (χ2n) is 13.7. The van der Waals surface area contributed by atoms with Crippen LogP contribution in [0.1, 0.15) is 102 Å². The fraction of sp³-hybridized carbons (Fsp3) is 0.733. The first-order valence-corrected chi connectivity index (χ1v) is 15.7. The van der Waals surface area contributed by atoms with Crippen LogP contribution in [0.3, 0.4) is 0 Å². The third-order valence-electron chi connectivity index (χ3n) is 8.45. The minimum atomic E-state index is -1.75. The van der Waals surface area contributed by atoms with Gasteiger partial charge in [-0.2, -0.15) is 0 Å². The molecule has 2 aliphatic rings. The van der Waals surface area contributed by atoms with Crippen molar-refractivity contribution in [2.75, 3.05) is 6.61 Å². The van der Waals surface area contributed by atoms with Gasteiger partial charge in [0, 0.05) is 12.5 Å². The Bertz CT molecular complexity index is 831. The van der Waals surface area contributed by atoms with Crippen LogP contribution in [-0.4, -0.2) is 14.9 Å². The second kappa shape index (κ2) is 9.41. The van der Waals surface area contributed by atoms with E-state index in [0.29, 0.717) is 11.3 Å². The minimum Gasteiger partial charge on any atom is -0.416 e. The van der Waals surface area contributed by atoms with Crippen LogP contribution in [0.5, 0.6) is 0 Å². The topological polar surface area (TPSA) is 9.23 Å². The van der Waals surface area contributed by atoms with Crippen molar-refractivity contribution in [2.24, 2.45) is 16.7 Å². The minimum absolute atomic E-state index is 0.175. The molecule has 0 amide bonds. The third-order valence-corrected chi connectivity index (χ3v) is 12.9. The quantitative estimate of drug-likeness (QED) is 0.285. The van der Waals surface area contributed by atoms with Gasteiger partial charge in [0.1, 0.15) is 0 Å². The standard InChI is InChI=1S/C30H52OSi/c1-21(16-17-26-22(2)15-14-18-30(26,10)11)19-24-25(23(3)27(24)28(4,5)6)20-31-32(12,13)29(7,8)9/h16,19,25H,14-15,17-18,20H2,1-13H3/b21-16+,24-19-. The zero-order valence-electron chi connectivity index (χ0n) is 23.7. The molecule has 32 heavy (non-hydrogen) atoms. The van der Waals surface area contributed by atoms with Crippen molar-refractivity contribution >= 4 is 8.32 Å². The molecule has 0 aliphatic heterocycles. The molecule has 1 atom stereocenters. The predicted molar refractivity (Wildman–Crippen MR) is 146 cm³/mol. The Balaban J connectivity index is 2.29. The number of allylic oxidation sites excluding steroid dienone is 6. The van der Waals surface area contributed by atoms with Crippen LogP contribution in [0.15, 0.2) is 45.6 Å². The lowest BCUT2D eigenvalue weighted by Gasteiger charge is -2.45. The SMILES string of the molecule is CC1=C(C/C=C(C)/C=C2\C(C(C)(C)C)=C(C)C2CO[Si](C)(C)C(C)(C)C)C(C)(C)CCC1. The Labute approximate surface area is 201 Å². The van der Waals surface area contributed by atoms with Gasteiger partial charge in [-0.1, -0.05) is 89.8 Å². The van der Waals surface area contributed by atoms with Crippen molar-refractivity contribution in [1.29, 1.82) is 0 Å². The molecular formula is C30H52OSi. The van der Waals surface area contributed by atoms with E-state index in [1.807, 2.05) is 0 Å². The van der Waals surface area contributed by atoms with E-state index in [2.05, 4.69) is 101 Å². The number of hydrogen-bond donors (Lipinski definition) is 0. The molecule has 1 nitrogen and oxygen atoms in total. The Hall–Kier alpha value is -0.863. The highest BCUT2D eigenvalue weighted by molar-refractivity contribution is 6.74. The van der Waals surface area contributed by atoms with Gasteiger partial charge < -0.3 is 4.43 Å². The van der Waals surface area contributed by atoms with E-state index in [1.54, 1.807) is 16.7 Å². The predicted octanol–water partition coefficient (Wildman–Crippen LogP) is 9.79. The Kier molecular flexibility index (Phi) is 8.05. The summed E-state index contributed by atoms with van der Waals surface area (Å²) in [4.78, 5) is 0. The summed E-state index contributed by atoms with van der Waals surface area (Å²) in [6.45, 7) is 31.4. The van der Waals surface area contributed by atoms with E-state index in [4.69, 9.17) is 4.43 Å². The van der Waals surface area contributed by atoms with Crippen LogP contribution in [0.25, 0.3) is 0 Å². The molecule has 2 heteroatoms. The zero-order chi connectivity index (χ0) is 24.7. The van der Waals surface area contributed by atoms with Gasteiger partial charge in [-0.15, -0.1) is 0 Å². The summed E-state index contributed by atoms with van der Waals surface area (Å²) >= 11 is 0. The highest BCUT2D eigenvalue weighted by Crippen LogP contribution is 2.50. The molecule has 0 spiro atoms.